The third kappa shape index (κ3) is 4.00. The van der Waals surface area contributed by atoms with Crippen LogP contribution in [0.15, 0.2) is 34.2 Å². The number of thioether (sulfide) groups is 1. The molecule has 1 fully saturated rings. The second-order valence-corrected chi connectivity index (χ2v) is 9.05. The number of nitrogens with one attached hydrogen (secondary N) is 1. The molecule has 1 aromatic carbocycles. The van der Waals surface area contributed by atoms with Crippen LogP contribution in [0, 0.1) is 0 Å². The van der Waals surface area contributed by atoms with Gasteiger partial charge in [-0.2, -0.15) is 11.8 Å². The summed E-state index contributed by atoms with van der Waals surface area (Å²) in [6.45, 7) is 3.54. The molecule has 1 atom stereocenters. The van der Waals surface area contributed by atoms with Gasteiger partial charge in [0.1, 0.15) is 11.9 Å². The molecule has 2 aliphatic rings. The normalized spacial score (nSPS) is 21.6. The smallest absolute Gasteiger partial charge is 0.263 e. The number of hydrogen-bond acceptors (Lipinski definition) is 5. The predicted molar refractivity (Wildman–Crippen MR) is 101 cm³/mol. The van der Waals surface area contributed by atoms with Crippen LogP contribution < -0.4 is 4.72 Å². The third-order valence-corrected chi connectivity index (χ3v) is 6.73. The van der Waals surface area contributed by atoms with Crippen LogP contribution in [0.5, 0.6) is 0 Å². The Morgan fingerprint density at radius 3 is 2.76 bits per heavy atom. The van der Waals surface area contributed by atoms with Crippen LogP contribution in [0.25, 0.3) is 0 Å². The fraction of sp³-hybridized carbons (Fsp3) is 0.529. The van der Waals surface area contributed by atoms with Gasteiger partial charge < -0.3 is 4.90 Å². The van der Waals surface area contributed by atoms with Crippen LogP contribution in [-0.2, 0) is 14.8 Å². The highest BCUT2D eigenvalue weighted by Crippen LogP contribution is 2.24. The van der Waals surface area contributed by atoms with Crippen molar-refractivity contribution in [2.75, 3.05) is 24.6 Å². The van der Waals surface area contributed by atoms with Gasteiger partial charge in [0.25, 0.3) is 10.0 Å². The number of nitrogens with zero attached hydrogens (tertiary/aromatic N) is 2. The summed E-state index contributed by atoms with van der Waals surface area (Å²) in [7, 11) is -3.58. The van der Waals surface area contributed by atoms with E-state index < -0.39 is 16.1 Å². The van der Waals surface area contributed by atoms with Crippen molar-refractivity contribution in [3.8, 4) is 0 Å². The first-order valence-electron chi connectivity index (χ1n) is 8.59. The van der Waals surface area contributed by atoms with E-state index in [1.54, 1.807) is 24.3 Å². The summed E-state index contributed by atoms with van der Waals surface area (Å²) in [5.41, 5.74) is 0.547. The number of hydrogen-bond donors (Lipinski definition) is 1. The molecule has 1 unspecified atom stereocenters. The molecular formula is C17H23N3O3S2. The second kappa shape index (κ2) is 7.78. The van der Waals surface area contributed by atoms with Crippen LogP contribution >= 0.6 is 11.8 Å². The molecule has 136 valence electrons. The summed E-state index contributed by atoms with van der Waals surface area (Å²) >= 11 is 1.85. The van der Waals surface area contributed by atoms with E-state index in [1.165, 1.54) is 0 Å². The summed E-state index contributed by atoms with van der Waals surface area (Å²) in [6, 6.07) is 6.22. The SMILES string of the molecule is CCCCC(N=C1NS(=O)(=O)c2ccccc21)C(=O)N1CCSCC1. The highest BCUT2D eigenvalue weighted by molar-refractivity contribution is 7.99. The number of aliphatic imine (C=N–C) groups is 1. The van der Waals surface area contributed by atoms with Crippen LogP contribution in [0.1, 0.15) is 31.7 Å². The molecule has 1 N–H and O–H groups in total. The lowest BCUT2D eigenvalue weighted by Crippen LogP contribution is -2.43. The maximum atomic E-state index is 12.9. The summed E-state index contributed by atoms with van der Waals surface area (Å²) in [5.74, 6) is 2.18. The number of rotatable bonds is 5. The minimum atomic E-state index is -3.58. The largest absolute Gasteiger partial charge is 0.339 e. The Morgan fingerprint density at radius 1 is 1.32 bits per heavy atom. The van der Waals surface area contributed by atoms with Crippen LogP contribution in [-0.4, -0.2) is 55.7 Å². The summed E-state index contributed by atoms with van der Waals surface area (Å²) in [6.07, 6.45) is 2.48. The molecule has 0 bridgehead atoms. The van der Waals surface area contributed by atoms with E-state index in [2.05, 4.69) is 16.6 Å². The summed E-state index contributed by atoms with van der Waals surface area (Å²) in [4.78, 5) is 19.5. The van der Waals surface area contributed by atoms with Gasteiger partial charge in [0, 0.05) is 30.2 Å². The lowest BCUT2D eigenvalue weighted by molar-refractivity contribution is -0.132. The molecule has 1 amide bonds. The summed E-state index contributed by atoms with van der Waals surface area (Å²) in [5, 5.41) is 0. The highest BCUT2D eigenvalue weighted by atomic mass is 32.2. The zero-order chi connectivity index (χ0) is 17.9. The van der Waals surface area contributed by atoms with E-state index in [9.17, 15) is 13.2 Å². The monoisotopic (exact) mass is 381 g/mol. The van der Waals surface area contributed by atoms with Crippen molar-refractivity contribution in [3.05, 3.63) is 29.8 Å². The number of amidine groups is 1. The zero-order valence-corrected chi connectivity index (χ0v) is 15.9. The van der Waals surface area contributed by atoms with Gasteiger partial charge >= 0.3 is 0 Å². The van der Waals surface area contributed by atoms with Gasteiger partial charge in [-0.25, -0.2) is 8.42 Å². The molecule has 1 saturated heterocycles. The second-order valence-electron chi connectivity index (χ2n) is 6.18. The molecule has 2 heterocycles. The molecule has 6 nitrogen and oxygen atoms in total. The number of carbonyl (C=O) groups excluding carboxylic acids is 1. The number of fused-ring (bicyclic) bond motifs is 1. The fourth-order valence-corrected chi connectivity index (χ4v) is 5.16. The first kappa shape index (κ1) is 18.3. The van der Waals surface area contributed by atoms with Crippen LogP contribution in [0.4, 0.5) is 0 Å². The number of sulfonamides is 1. The molecule has 0 aromatic heterocycles. The van der Waals surface area contributed by atoms with Gasteiger partial charge in [-0.05, 0) is 18.6 Å². The molecule has 25 heavy (non-hydrogen) atoms. The Hall–Kier alpha value is -1.54. The predicted octanol–water partition coefficient (Wildman–Crippen LogP) is 1.86. The van der Waals surface area contributed by atoms with Gasteiger partial charge in [0.2, 0.25) is 5.91 Å². The molecule has 0 saturated carbocycles. The van der Waals surface area contributed by atoms with E-state index in [-0.39, 0.29) is 16.6 Å². The highest BCUT2D eigenvalue weighted by Gasteiger charge is 2.32. The van der Waals surface area contributed by atoms with E-state index >= 15 is 0 Å². The van der Waals surface area contributed by atoms with Crippen molar-refractivity contribution in [2.24, 2.45) is 4.99 Å². The van der Waals surface area contributed by atoms with Crippen molar-refractivity contribution in [1.82, 2.24) is 9.62 Å². The number of unbranched alkanes of at least 4 members (excludes halogenated alkanes) is 1. The quantitative estimate of drug-likeness (QED) is 0.844. The molecule has 2 aliphatic heterocycles. The van der Waals surface area contributed by atoms with Crippen LogP contribution in [0.2, 0.25) is 0 Å². The van der Waals surface area contributed by atoms with E-state index in [0.717, 1.165) is 37.4 Å². The average molecular weight is 382 g/mol. The molecule has 0 aliphatic carbocycles. The molecule has 1 aromatic rings. The average Bonchev–Trinajstić information content (AvgIpc) is 2.89. The van der Waals surface area contributed by atoms with Crippen molar-refractivity contribution in [1.29, 1.82) is 0 Å². The van der Waals surface area contributed by atoms with Crippen LogP contribution in [0.3, 0.4) is 0 Å². The zero-order valence-electron chi connectivity index (χ0n) is 14.3. The maximum absolute atomic E-state index is 12.9. The van der Waals surface area contributed by atoms with E-state index in [1.807, 2.05) is 16.7 Å². The Bertz CT molecular complexity index is 771. The molecule has 0 spiro atoms. The van der Waals surface area contributed by atoms with E-state index in [4.69, 9.17) is 0 Å². The third-order valence-electron chi connectivity index (χ3n) is 4.39. The molecule has 0 radical (unpaired) electrons. The standard InChI is InChI=1S/C17H23N3O3S2/c1-2-3-7-14(17(21)20-9-11-24-12-10-20)18-16-13-6-4-5-8-15(13)25(22,23)19-16/h4-6,8,14H,2-3,7,9-12H2,1H3,(H,18,19). The van der Waals surface area contributed by atoms with Crippen molar-refractivity contribution in [2.45, 2.75) is 37.1 Å². The van der Waals surface area contributed by atoms with E-state index in [0.29, 0.717) is 12.0 Å². The van der Waals surface area contributed by atoms with Crippen molar-refractivity contribution in [3.63, 3.8) is 0 Å². The van der Waals surface area contributed by atoms with Gasteiger partial charge in [0.15, 0.2) is 0 Å². The van der Waals surface area contributed by atoms with Crippen molar-refractivity contribution >= 4 is 33.5 Å². The maximum Gasteiger partial charge on any atom is 0.263 e. The first-order chi connectivity index (χ1) is 12.0. The van der Waals surface area contributed by atoms with Crippen molar-refractivity contribution < 1.29 is 13.2 Å². The minimum absolute atomic E-state index is 0.00447. The van der Waals surface area contributed by atoms with Gasteiger partial charge in [-0.3, -0.25) is 14.5 Å². The lowest BCUT2D eigenvalue weighted by atomic mass is 10.1. The molecule has 3 rings (SSSR count). The Kier molecular flexibility index (Phi) is 5.68. The number of benzene rings is 1. The Labute approximate surface area is 153 Å². The van der Waals surface area contributed by atoms with Gasteiger partial charge in [0.05, 0.1) is 4.90 Å². The Morgan fingerprint density at radius 2 is 2.04 bits per heavy atom. The number of carbonyl (C=O) groups is 1. The lowest BCUT2D eigenvalue weighted by Gasteiger charge is -2.29. The molecule has 8 heteroatoms. The molecular weight excluding hydrogens is 358 g/mol. The topological polar surface area (TPSA) is 78.8 Å². The Balaban J connectivity index is 1.89. The first-order valence-corrected chi connectivity index (χ1v) is 11.2. The van der Waals surface area contributed by atoms with Gasteiger partial charge in [-0.15, -0.1) is 0 Å². The minimum Gasteiger partial charge on any atom is -0.339 e. The fourth-order valence-electron chi connectivity index (χ4n) is 3.02. The van der Waals surface area contributed by atoms with Gasteiger partial charge in [-0.1, -0.05) is 31.9 Å². The number of amides is 1. The summed E-state index contributed by atoms with van der Waals surface area (Å²) < 4.78 is 27.0.